The van der Waals surface area contributed by atoms with E-state index < -0.39 is 0 Å². The fourth-order valence-corrected chi connectivity index (χ4v) is 5.09. The van der Waals surface area contributed by atoms with E-state index in [1.54, 1.807) is 6.33 Å². The Bertz CT molecular complexity index is 1470. The molecule has 1 aliphatic heterocycles. The zero-order valence-electron chi connectivity index (χ0n) is 19.8. The van der Waals surface area contributed by atoms with Crippen molar-refractivity contribution in [2.24, 2.45) is 0 Å². The first-order valence-electron chi connectivity index (χ1n) is 12.0. The minimum Gasteiger partial charge on any atom is -0.354 e. The Hall–Kier alpha value is -3.71. The standard InChI is InChI=1S/C27H29N7/c1-17(2)25-22-13-19(20-5-7-24(29-14-20)33-10-8-28-9-11-33)4-6-23(22)32-26(25)21-12-18(3)27-30-16-31-34(27)15-21/h4-7,12-17,28,32H,8-11H2,1-3H3. The Morgan fingerprint density at radius 2 is 1.76 bits per heavy atom. The highest BCUT2D eigenvalue weighted by molar-refractivity contribution is 5.94. The second-order valence-electron chi connectivity index (χ2n) is 9.41. The molecule has 0 saturated carbocycles. The first-order valence-corrected chi connectivity index (χ1v) is 12.0. The maximum Gasteiger partial charge on any atom is 0.158 e. The molecule has 172 valence electrons. The number of nitrogens with one attached hydrogen (secondary N) is 2. The minimum absolute atomic E-state index is 0.360. The van der Waals surface area contributed by atoms with E-state index in [-0.39, 0.29) is 0 Å². The Morgan fingerprint density at radius 3 is 2.53 bits per heavy atom. The van der Waals surface area contributed by atoms with Crippen molar-refractivity contribution in [3.8, 4) is 22.4 Å². The summed E-state index contributed by atoms with van der Waals surface area (Å²) in [6.07, 6.45) is 5.67. The van der Waals surface area contributed by atoms with Crippen LogP contribution >= 0.6 is 0 Å². The molecule has 1 aliphatic rings. The summed E-state index contributed by atoms with van der Waals surface area (Å²) in [7, 11) is 0. The predicted molar refractivity (Wildman–Crippen MR) is 137 cm³/mol. The van der Waals surface area contributed by atoms with E-state index in [9.17, 15) is 0 Å². The molecule has 0 aliphatic carbocycles. The van der Waals surface area contributed by atoms with Gasteiger partial charge in [-0.2, -0.15) is 5.10 Å². The van der Waals surface area contributed by atoms with Crippen LogP contribution in [0.25, 0.3) is 38.9 Å². The molecular formula is C27H29N7. The molecule has 0 radical (unpaired) electrons. The highest BCUT2D eigenvalue weighted by Crippen LogP contribution is 2.38. The van der Waals surface area contributed by atoms with Gasteiger partial charge in [0.05, 0.1) is 5.69 Å². The number of nitrogens with zero attached hydrogens (tertiary/aromatic N) is 5. The monoisotopic (exact) mass is 451 g/mol. The van der Waals surface area contributed by atoms with Crippen LogP contribution in [0.15, 0.2) is 55.1 Å². The molecule has 7 heteroatoms. The smallest absolute Gasteiger partial charge is 0.158 e. The Balaban J connectivity index is 1.42. The number of anilines is 1. The lowest BCUT2D eigenvalue weighted by Gasteiger charge is -2.28. The summed E-state index contributed by atoms with van der Waals surface area (Å²) in [6.45, 7) is 10.6. The molecule has 0 amide bonds. The number of H-pyrrole nitrogens is 1. The quantitative estimate of drug-likeness (QED) is 0.411. The molecule has 0 spiro atoms. The van der Waals surface area contributed by atoms with Crippen LogP contribution in [0.3, 0.4) is 0 Å². The van der Waals surface area contributed by atoms with Crippen molar-refractivity contribution in [1.82, 2.24) is 29.9 Å². The summed E-state index contributed by atoms with van der Waals surface area (Å²) in [5, 5.41) is 9.02. The fraction of sp³-hybridized carbons (Fsp3) is 0.296. The van der Waals surface area contributed by atoms with E-state index in [4.69, 9.17) is 4.98 Å². The lowest BCUT2D eigenvalue weighted by molar-refractivity contribution is 0.585. The maximum absolute atomic E-state index is 4.78. The molecule has 7 nitrogen and oxygen atoms in total. The predicted octanol–water partition coefficient (Wildman–Crippen LogP) is 4.78. The van der Waals surface area contributed by atoms with Crippen molar-refractivity contribution in [3.05, 3.63) is 66.2 Å². The van der Waals surface area contributed by atoms with Crippen LogP contribution in [0, 0.1) is 6.92 Å². The summed E-state index contributed by atoms with van der Waals surface area (Å²) in [4.78, 5) is 15.2. The van der Waals surface area contributed by atoms with Crippen LogP contribution in [0.2, 0.25) is 0 Å². The Morgan fingerprint density at radius 1 is 0.941 bits per heavy atom. The molecule has 0 atom stereocenters. The van der Waals surface area contributed by atoms with Gasteiger partial charge < -0.3 is 15.2 Å². The van der Waals surface area contributed by atoms with Gasteiger partial charge in [-0.15, -0.1) is 0 Å². The third kappa shape index (κ3) is 3.53. The molecule has 0 bridgehead atoms. The van der Waals surface area contributed by atoms with Gasteiger partial charge in [0.25, 0.3) is 0 Å². The van der Waals surface area contributed by atoms with Crippen LogP contribution in [-0.2, 0) is 0 Å². The SMILES string of the molecule is Cc1cc(-c2[nH]c3ccc(-c4ccc(N5CCNCC5)nc4)cc3c2C(C)C)cn2ncnc12. The second-order valence-corrected chi connectivity index (χ2v) is 9.41. The van der Waals surface area contributed by atoms with Gasteiger partial charge in [0.1, 0.15) is 12.1 Å². The minimum atomic E-state index is 0.360. The molecule has 0 unspecified atom stereocenters. The summed E-state index contributed by atoms with van der Waals surface area (Å²) in [6, 6.07) is 13.2. The number of piperazine rings is 1. The maximum atomic E-state index is 4.78. The number of aryl methyl sites for hydroxylation is 1. The van der Waals surface area contributed by atoms with E-state index in [0.29, 0.717) is 5.92 Å². The largest absolute Gasteiger partial charge is 0.354 e. The number of hydrogen-bond donors (Lipinski definition) is 2. The van der Waals surface area contributed by atoms with Gasteiger partial charge in [-0.25, -0.2) is 14.5 Å². The molecule has 5 heterocycles. The highest BCUT2D eigenvalue weighted by atomic mass is 15.3. The summed E-state index contributed by atoms with van der Waals surface area (Å²) in [5.74, 6) is 1.41. The third-order valence-corrected chi connectivity index (χ3v) is 6.79. The normalized spacial score (nSPS) is 14.5. The van der Waals surface area contributed by atoms with Crippen LogP contribution < -0.4 is 10.2 Å². The first-order chi connectivity index (χ1) is 16.6. The highest BCUT2D eigenvalue weighted by Gasteiger charge is 2.18. The molecule has 1 saturated heterocycles. The molecule has 34 heavy (non-hydrogen) atoms. The number of aromatic amines is 1. The molecule has 6 rings (SSSR count). The van der Waals surface area contributed by atoms with Crippen molar-refractivity contribution in [1.29, 1.82) is 0 Å². The van der Waals surface area contributed by atoms with Gasteiger partial charge in [-0.05, 0) is 59.9 Å². The lowest BCUT2D eigenvalue weighted by atomic mass is 9.94. The Kier molecular flexibility index (Phi) is 5.07. The number of aromatic nitrogens is 5. The number of pyridine rings is 2. The van der Waals surface area contributed by atoms with Gasteiger partial charge in [0.15, 0.2) is 5.65 Å². The topological polar surface area (TPSA) is 74.1 Å². The van der Waals surface area contributed by atoms with Crippen LogP contribution in [0.5, 0.6) is 0 Å². The van der Waals surface area contributed by atoms with Gasteiger partial charge in [0, 0.05) is 60.6 Å². The molecule has 4 aromatic heterocycles. The molecule has 1 fully saturated rings. The van der Waals surface area contributed by atoms with Crippen molar-refractivity contribution >= 4 is 22.4 Å². The lowest BCUT2D eigenvalue weighted by Crippen LogP contribution is -2.43. The fourth-order valence-electron chi connectivity index (χ4n) is 5.09. The van der Waals surface area contributed by atoms with E-state index in [2.05, 4.69) is 88.6 Å². The number of fused-ring (bicyclic) bond motifs is 2. The van der Waals surface area contributed by atoms with E-state index in [1.165, 1.54) is 16.5 Å². The van der Waals surface area contributed by atoms with Crippen molar-refractivity contribution in [2.75, 3.05) is 31.1 Å². The van der Waals surface area contributed by atoms with Crippen molar-refractivity contribution in [3.63, 3.8) is 0 Å². The van der Waals surface area contributed by atoms with Crippen molar-refractivity contribution in [2.45, 2.75) is 26.7 Å². The third-order valence-electron chi connectivity index (χ3n) is 6.79. The molecule has 1 aromatic carbocycles. The number of benzene rings is 1. The summed E-state index contributed by atoms with van der Waals surface area (Å²) < 4.78 is 1.86. The zero-order valence-corrected chi connectivity index (χ0v) is 19.8. The molecule has 5 aromatic rings. The summed E-state index contributed by atoms with van der Waals surface area (Å²) in [5.41, 5.74) is 9.06. The first kappa shape index (κ1) is 20.9. The second kappa shape index (κ2) is 8.25. The van der Waals surface area contributed by atoms with Gasteiger partial charge in [0.2, 0.25) is 0 Å². The van der Waals surface area contributed by atoms with Crippen LogP contribution in [-0.4, -0.2) is 50.7 Å². The van der Waals surface area contributed by atoms with E-state index >= 15 is 0 Å². The average Bonchev–Trinajstić information content (AvgIpc) is 3.49. The van der Waals surface area contributed by atoms with E-state index in [0.717, 1.165) is 65.5 Å². The molecular weight excluding hydrogens is 422 g/mol. The van der Waals surface area contributed by atoms with E-state index in [1.807, 2.05) is 10.7 Å². The van der Waals surface area contributed by atoms with Crippen LogP contribution in [0.4, 0.5) is 5.82 Å². The van der Waals surface area contributed by atoms with Crippen LogP contribution in [0.1, 0.15) is 30.9 Å². The van der Waals surface area contributed by atoms with Gasteiger partial charge in [-0.3, -0.25) is 0 Å². The van der Waals surface area contributed by atoms with Gasteiger partial charge >= 0.3 is 0 Å². The molecule has 2 N–H and O–H groups in total. The summed E-state index contributed by atoms with van der Waals surface area (Å²) >= 11 is 0. The average molecular weight is 452 g/mol. The number of rotatable bonds is 4. The number of hydrogen-bond acceptors (Lipinski definition) is 5. The van der Waals surface area contributed by atoms with Crippen molar-refractivity contribution < 1.29 is 0 Å². The van der Waals surface area contributed by atoms with Gasteiger partial charge in [-0.1, -0.05) is 19.9 Å². The Labute approximate surface area is 198 Å². The zero-order chi connectivity index (χ0) is 23.2.